The minimum absolute atomic E-state index is 0.148. The van der Waals surface area contributed by atoms with Gasteiger partial charge in [-0.2, -0.15) is 0 Å². The van der Waals surface area contributed by atoms with Crippen molar-refractivity contribution in [3.8, 4) is 0 Å². The van der Waals surface area contributed by atoms with Crippen LogP contribution >= 0.6 is 0 Å². The SMILES string of the molecule is C[C@@H]1COC(CC=O)O1. The molecule has 3 nitrogen and oxygen atoms in total. The summed E-state index contributed by atoms with van der Waals surface area (Å²) in [5, 5.41) is 0. The molecule has 0 amide bonds. The summed E-state index contributed by atoms with van der Waals surface area (Å²) in [6, 6.07) is 0. The van der Waals surface area contributed by atoms with E-state index < -0.39 is 0 Å². The molecule has 1 unspecified atom stereocenters. The maximum atomic E-state index is 9.91. The first-order valence-corrected chi connectivity index (χ1v) is 3.03. The van der Waals surface area contributed by atoms with Gasteiger partial charge in [0.25, 0.3) is 0 Å². The van der Waals surface area contributed by atoms with Crippen LogP contribution in [0.4, 0.5) is 0 Å². The predicted octanol–water partition coefficient (Wildman–Crippen LogP) is 0.337. The summed E-state index contributed by atoms with van der Waals surface area (Å²) in [6.45, 7) is 2.53. The second-order valence-corrected chi connectivity index (χ2v) is 2.11. The van der Waals surface area contributed by atoms with E-state index >= 15 is 0 Å². The zero-order chi connectivity index (χ0) is 6.69. The van der Waals surface area contributed by atoms with Gasteiger partial charge in [0.05, 0.1) is 19.1 Å². The van der Waals surface area contributed by atoms with Gasteiger partial charge in [0.1, 0.15) is 6.29 Å². The minimum atomic E-state index is -0.280. The third kappa shape index (κ3) is 1.77. The number of hydrogen-bond donors (Lipinski definition) is 0. The first-order valence-electron chi connectivity index (χ1n) is 3.03. The van der Waals surface area contributed by atoms with Crippen LogP contribution in [0.1, 0.15) is 13.3 Å². The van der Waals surface area contributed by atoms with Gasteiger partial charge in [-0.1, -0.05) is 0 Å². The molecular weight excluding hydrogens is 120 g/mol. The second-order valence-electron chi connectivity index (χ2n) is 2.11. The van der Waals surface area contributed by atoms with Crippen molar-refractivity contribution in [2.24, 2.45) is 0 Å². The van der Waals surface area contributed by atoms with Gasteiger partial charge < -0.3 is 14.3 Å². The van der Waals surface area contributed by atoms with Gasteiger partial charge in [0.2, 0.25) is 0 Å². The molecule has 1 aliphatic heterocycles. The smallest absolute Gasteiger partial charge is 0.164 e. The van der Waals surface area contributed by atoms with E-state index in [0.29, 0.717) is 13.0 Å². The van der Waals surface area contributed by atoms with Crippen LogP contribution in [0, 0.1) is 0 Å². The van der Waals surface area contributed by atoms with Gasteiger partial charge in [0, 0.05) is 0 Å². The molecular formula is C6H10O3. The molecule has 0 spiro atoms. The summed E-state index contributed by atoms with van der Waals surface area (Å²) in [6.07, 6.45) is 1.03. The Hall–Kier alpha value is -0.410. The van der Waals surface area contributed by atoms with Crippen molar-refractivity contribution in [1.29, 1.82) is 0 Å². The molecule has 1 saturated heterocycles. The Morgan fingerprint density at radius 3 is 3.00 bits per heavy atom. The van der Waals surface area contributed by atoms with E-state index in [1.54, 1.807) is 0 Å². The number of aldehydes is 1. The molecule has 2 atom stereocenters. The molecule has 1 heterocycles. The Morgan fingerprint density at radius 1 is 1.78 bits per heavy atom. The molecule has 0 aromatic heterocycles. The molecule has 1 fully saturated rings. The first-order chi connectivity index (χ1) is 4.33. The fraction of sp³-hybridized carbons (Fsp3) is 0.833. The number of ether oxygens (including phenoxy) is 2. The van der Waals surface area contributed by atoms with Crippen molar-refractivity contribution in [2.45, 2.75) is 25.7 Å². The van der Waals surface area contributed by atoms with Crippen LogP contribution in [0.25, 0.3) is 0 Å². The molecule has 1 aliphatic rings. The number of carbonyl (C=O) groups excluding carboxylic acids is 1. The zero-order valence-corrected chi connectivity index (χ0v) is 5.37. The standard InChI is InChI=1S/C6H10O3/c1-5-4-8-6(9-5)2-3-7/h3,5-6H,2,4H2,1H3/t5-,6?/m1/s1. The van der Waals surface area contributed by atoms with Gasteiger partial charge in [-0.3, -0.25) is 0 Å². The molecule has 0 saturated carbocycles. The van der Waals surface area contributed by atoms with Crippen molar-refractivity contribution in [1.82, 2.24) is 0 Å². The predicted molar refractivity (Wildman–Crippen MR) is 31.0 cm³/mol. The van der Waals surface area contributed by atoms with E-state index in [1.807, 2.05) is 6.92 Å². The lowest BCUT2D eigenvalue weighted by Crippen LogP contribution is -2.09. The normalized spacial score (nSPS) is 34.8. The second kappa shape index (κ2) is 2.94. The summed E-state index contributed by atoms with van der Waals surface area (Å²) in [5.74, 6) is 0. The average Bonchev–Trinajstić information content (AvgIpc) is 2.17. The number of rotatable bonds is 2. The molecule has 0 aromatic carbocycles. The highest BCUT2D eigenvalue weighted by Gasteiger charge is 2.21. The van der Waals surface area contributed by atoms with Crippen LogP contribution in [-0.2, 0) is 14.3 Å². The maximum Gasteiger partial charge on any atom is 0.164 e. The van der Waals surface area contributed by atoms with E-state index in [4.69, 9.17) is 9.47 Å². The van der Waals surface area contributed by atoms with E-state index in [0.717, 1.165) is 6.29 Å². The van der Waals surface area contributed by atoms with Crippen LogP contribution in [0.5, 0.6) is 0 Å². The van der Waals surface area contributed by atoms with Gasteiger partial charge >= 0.3 is 0 Å². The van der Waals surface area contributed by atoms with Crippen molar-refractivity contribution >= 4 is 6.29 Å². The molecule has 0 aliphatic carbocycles. The van der Waals surface area contributed by atoms with E-state index in [1.165, 1.54) is 0 Å². The third-order valence-electron chi connectivity index (χ3n) is 1.19. The Morgan fingerprint density at radius 2 is 2.56 bits per heavy atom. The van der Waals surface area contributed by atoms with Crippen LogP contribution in [0.3, 0.4) is 0 Å². The molecule has 0 N–H and O–H groups in total. The summed E-state index contributed by atoms with van der Waals surface area (Å²) in [4.78, 5) is 9.91. The topological polar surface area (TPSA) is 35.5 Å². The maximum absolute atomic E-state index is 9.91. The van der Waals surface area contributed by atoms with Crippen LogP contribution in [-0.4, -0.2) is 25.3 Å². The highest BCUT2D eigenvalue weighted by Crippen LogP contribution is 2.11. The lowest BCUT2D eigenvalue weighted by Gasteiger charge is -2.03. The van der Waals surface area contributed by atoms with Gasteiger partial charge in [-0.05, 0) is 6.92 Å². The quantitative estimate of drug-likeness (QED) is 0.505. The average molecular weight is 130 g/mol. The fourth-order valence-corrected chi connectivity index (χ4v) is 0.783. The van der Waals surface area contributed by atoms with Gasteiger partial charge in [-0.25, -0.2) is 0 Å². The molecule has 3 heteroatoms. The Balaban J connectivity index is 2.21. The number of carbonyl (C=O) groups is 1. The molecule has 0 bridgehead atoms. The molecule has 0 aromatic rings. The zero-order valence-electron chi connectivity index (χ0n) is 5.37. The minimum Gasteiger partial charge on any atom is -0.350 e. The highest BCUT2D eigenvalue weighted by atomic mass is 16.7. The largest absolute Gasteiger partial charge is 0.350 e. The van der Waals surface area contributed by atoms with Crippen molar-refractivity contribution < 1.29 is 14.3 Å². The van der Waals surface area contributed by atoms with Crippen LogP contribution in [0.2, 0.25) is 0 Å². The Bertz CT molecular complexity index is 102. The summed E-state index contributed by atoms with van der Waals surface area (Å²) < 4.78 is 10.2. The van der Waals surface area contributed by atoms with Crippen molar-refractivity contribution in [3.05, 3.63) is 0 Å². The highest BCUT2D eigenvalue weighted by molar-refractivity contribution is 5.49. The summed E-state index contributed by atoms with van der Waals surface area (Å²) >= 11 is 0. The monoisotopic (exact) mass is 130 g/mol. The molecule has 1 rings (SSSR count). The molecule has 0 radical (unpaired) electrons. The molecule has 52 valence electrons. The van der Waals surface area contributed by atoms with E-state index in [9.17, 15) is 4.79 Å². The molecule has 9 heavy (non-hydrogen) atoms. The Labute approximate surface area is 53.9 Å². The van der Waals surface area contributed by atoms with Crippen LogP contribution in [0.15, 0.2) is 0 Å². The van der Waals surface area contributed by atoms with Crippen molar-refractivity contribution in [2.75, 3.05) is 6.61 Å². The lowest BCUT2D eigenvalue weighted by atomic mass is 10.4. The van der Waals surface area contributed by atoms with Gasteiger partial charge in [-0.15, -0.1) is 0 Å². The van der Waals surface area contributed by atoms with Gasteiger partial charge in [0.15, 0.2) is 6.29 Å². The number of hydrogen-bond acceptors (Lipinski definition) is 3. The van der Waals surface area contributed by atoms with Crippen LogP contribution < -0.4 is 0 Å². The lowest BCUT2D eigenvalue weighted by molar-refractivity contribution is -0.117. The Kier molecular flexibility index (Phi) is 2.19. The van der Waals surface area contributed by atoms with E-state index in [2.05, 4.69) is 0 Å². The summed E-state index contributed by atoms with van der Waals surface area (Å²) in [5.41, 5.74) is 0. The van der Waals surface area contributed by atoms with E-state index in [-0.39, 0.29) is 12.4 Å². The first kappa shape index (κ1) is 6.71. The van der Waals surface area contributed by atoms with Crippen molar-refractivity contribution in [3.63, 3.8) is 0 Å². The third-order valence-corrected chi connectivity index (χ3v) is 1.19. The fourth-order valence-electron chi connectivity index (χ4n) is 0.783. The summed E-state index contributed by atoms with van der Waals surface area (Å²) in [7, 11) is 0.